The Balaban J connectivity index is 2.89. The first kappa shape index (κ1) is 15.3. The van der Waals surface area contributed by atoms with E-state index in [9.17, 15) is 4.79 Å². The molecule has 1 rings (SSSR count). The van der Waals surface area contributed by atoms with Crippen LogP contribution in [0.25, 0.3) is 0 Å². The van der Waals surface area contributed by atoms with Gasteiger partial charge in [-0.25, -0.2) is 0 Å². The zero-order chi connectivity index (χ0) is 14.4. The number of amides is 1. The highest BCUT2D eigenvalue weighted by molar-refractivity contribution is 5.93. The zero-order valence-corrected chi connectivity index (χ0v) is 11.9. The molecule has 0 fully saturated rings. The van der Waals surface area contributed by atoms with E-state index in [1.165, 1.54) is 0 Å². The van der Waals surface area contributed by atoms with Crippen molar-refractivity contribution in [3.05, 3.63) is 17.7 Å². The van der Waals surface area contributed by atoms with E-state index in [2.05, 4.69) is 5.32 Å². The molecule has 0 heterocycles. The first-order valence-corrected chi connectivity index (χ1v) is 6.25. The van der Waals surface area contributed by atoms with Crippen molar-refractivity contribution in [1.29, 1.82) is 0 Å². The van der Waals surface area contributed by atoms with Gasteiger partial charge in [-0.15, -0.1) is 0 Å². The van der Waals surface area contributed by atoms with Crippen LogP contribution >= 0.6 is 0 Å². The van der Waals surface area contributed by atoms with Crippen LogP contribution in [0.2, 0.25) is 0 Å². The molecule has 0 aliphatic heterocycles. The summed E-state index contributed by atoms with van der Waals surface area (Å²) in [7, 11) is 3.17. The Morgan fingerprint density at radius 3 is 2.58 bits per heavy atom. The van der Waals surface area contributed by atoms with Gasteiger partial charge in [0.05, 0.1) is 19.9 Å². The highest BCUT2D eigenvalue weighted by atomic mass is 16.5. The van der Waals surface area contributed by atoms with Crippen molar-refractivity contribution in [2.24, 2.45) is 11.7 Å². The molecule has 1 amide bonds. The van der Waals surface area contributed by atoms with Crippen LogP contribution in [0.5, 0.6) is 11.5 Å². The molecule has 3 N–H and O–H groups in total. The number of carbonyl (C=O) groups excluding carboxylic acids is 1. The summed E-state index contributed by atoms with van der Waals surface area (Å²) < 4.78 is 10.6. The molecular weight excluding hydrogens is 244 g/mol. The molecular formula is C14H22N2O3. The Morgan fingerprint density at radius 1 is 1.37 bits per heavy atom. The molecule has 0 aromatic heterocycles. The van der Waals surface area contributed by atoms with Crippen molar-refractivity contribution in [1.82, 2.24) is 0 Å². The maximum Gasteiger partial charge on any atom is 0.224 e. The molecule has 0 spiro atoms. The average Bonchev–Trinajstić information content (AvgIpc) is 2.39. The quantitative estimate of drug-likeness (QED) is 0.825. The van der Waals surface area contributed by atoms with Crippen LogP contribution in [0.4, 0.5) is 5.69 Å². The largest absolute Gasteiger partial charge is 0.496 e. The zero-order valence-electron chi connectivity index (χ0n) is 11.9. The summed E-state index contributed by atoms with van der Waals surface area (Å²) in [6.07, 6.45) is 0.394. The van der Waals surface area contributed by atoms with Gasteiger partial charge in [0.2, 0.25) is 5.91 Å². The molecule has 0 aliphatic rings. The molecule has 0 saturated carbocycles. The van der Waals surface area contributed by atoms with E-state index in [0.717, 1.165) is 11.3 Å². The smallest absolute Gasteiger partial charge is 0.224 e. The molecule has 19 heavy (non-hydrogen) atoms. The molecule has 5 heteroatoms. The molecule has 5 nitrogen and oxygen atoms in total. The van der Waals surface area contributed by atoms with Crippen molar-refractivity contribution in [2.75, 3.05) is 26.1 Å². The van der Waals surface area contributed by atoms with Gasteiger partial charge in [-0.2, -0.15) is 0 Å². The third kappa shape index (κ3) is 3.86. The summed E-state index contributed by atoms with van der Waals surface area (Å²) >= 11 is 0. The van der Waals surface area contributed by atoms with E-state index in [1.54, 1.807) is 26.4 Å². The second kappa shape index (κ2) is 6.99. The fourth-order valence-corrected chi connectivity index (χ4v) is 1.86. The second-order valence-electron chi connectivity index (χ2n) is 4.57. The van der Waals surface area contributed by atoms with Gasteiger partial charge in [0, 0.05) is 12.0 Å². The van der Waals surface area contributed by atoms with Gasteiger partial charge in [-0.3, -0.25) is 4.79 Å². The molecule has 1 aromatic rings. The minimum atomic E-state index is -0.0687. The normalized spacial score (nSPS) is 11.8. The summed E-state index contributed by atoms with van der Waals surface area (Å²) in [6, 6.07) is 3.58. The standard InChI is InChI=1S/C14H22N2O3/c1-9(8-15)7-13(17)16-11-5-6-12(18-3)10(2)14(11)19-4/h5-6,9H,7-8,15H2,1-4H3,(H,16,17). The lowest BCUT2D eigenvalue weighted by Crippen LogP contribution is -2.20. The molecule has 106 valence electrons. The van der Waals surface area contributed by atoms with Crippen LogP contribution in [0.15, 0.2) is 12.1 Å². The number of carbonyl (C=O) groups is 1. The van der Waals surface area contributed by atoms with Gasteiger partial charge in [-0.05, 0) is 31.5 Å². The van der Waals surface area contributed by atoms with E-state index < -0.39 is 0 Å². The number of nitrogens with two attached hydrogens (primary N) is 1. The third-order valence-electron chi connectivity index (χ3n) is 2.99. The average molecular weight is 266 g/mol. The van der Waals surface area contributed by atoms with Gasteiger partial charge in [0.15, 0.2) is 0 Å². The van der Waals surface area contributed by atoms with Crippen molar-refractivity contribution < 1.29 is 14.3 Å². The van der Waals surface area contributed by atoms with Crippen LogP contribution in [-0.4, -0.2) is 26.7 Å². The van der Waals surface area contributed by atoms with Crippen LogP contribution in [0, 0.1) is 12.8 Å². The fourth-order valence-electron chi connectivity index (χ4n) is 1.86. The molecule has 0 aliphatic carbocycles. The highest BCUT2D eigenvalue weighted by Gasteiger charge is 2.14. The van der Waals surface area contributed by atoms with Gasteiger partial charge >= 0.3 is 0 Å². The van der Waals surface area contributed by atoms with Crippen LogP contribution in [0.1, 0.15) is 18.9 Å². The summed E-state index contributed by atoms with van der Waals surface area (Å²) in [5.74, 6) is 1.43. The second-order valence-corrected chi connectivity index (χ2v) is 4.57. The van der Waals surface area contributed by atoms with Gasteiger partial charge in [0.25, 0.3) is 0 Å². The Labute approximate surface area is 114 Å². The summed E-state index contributed by atoms with van der Waals surface area (Å²) in [4.78, 5) is 11.9. The molecule has 1 unspecified atom stereocenters. The van der Waals surface area contributed by atoms with Crippen molar-refractivity contribution in [2.45, 2.75) is 20.3 Å². The van der Waals surface area contributed by atoms with E-state index in [-0.39, 0.29) is 11.8 Å². The Hall–Kier alpha value is -1.75. The molecule has 0 saturated heterocycles. The maximum absolute atomic E-state index is 11.9. The number of methoxy groups -OCH3 is 2. The number of hydrogen-bond acceptors (Lipinski definition) is 4. The van der Waals surface area contributed by atoms with E-state index >= 15 is 0 Å². The first-order valence-electron chi connectivity index (χ1n) is 6.25. The van der Waals surface area contributed by atoms with Crippen molar-refractivity contribution in [3.63, 3.8) is 0 Å². The van der Waals surface area contributed by atoms with Gasteiger partial charge in [0.1, 0.15) is 11.5 Å². The van der Waals surface area contributed by atoms with Gasteiger partial charge < -0.3 is 20.5 Å². The lowest BCUT2D eigenvalue weighted by atomic mass is 10.1. The van der Waals surface area contributed by atoms with E-state index in [1.807, 2.05) is 13.8 Å². The first-order chi connectivity index (χ1) is 9.03. The number of nitrogens with one attached hydrogen (secondary N) is 1. The van der Waals surface area contributed by atoms with Crippen molar-refractivity contribution in [3.8, 4) is 11.5 Å². The lowest BCUT2D eigenvalue weighted by Gasteiger charge is -2.16. The molecule has 1 atom stereocenters. The summed E-state index contributed by atoms with van der Waals surface area (Å²) in [6.45, 7) is 4.32. The summed E-state index contributed by atoms with van der Waals surface area (Å²) in [5.41, 5.74) is 7.01. The highest BCUT2D eigenvalue weighted by Crippen LogP contribution is 2.34. The number of anilines is 1. The molecule has 0 radical (unpaired) electrons. The lowest BCUT2D eigenvalue weighted by molar-refractivity contribution is -0.116. The molecule has 0 bridgehead atoms. The summed E-state index contributed by atoms with van der Waals surface area (Å²) in [5, 5.41) is 2.84. The number of benzene rings is 1. The predicted octanol–water partition coefficient (Wildman–Crippen LogP) is 1.94. The van der Waals surface area contributed by atoms with Crippen LogP contribution in [-0.2, 0) is 4.79 Å². The Kier molecular flexibility index (Phi) is 5.63. The number of rotatable bonds is 6. The third-order valence-corrected chi connectivity index (χ3v) is 2.99. The fraction of sp³-hybridized carbons (Fsp3) is 0.500. The SMILES string of the molecule is COc1ccc(NC(=O)CC(C)CN)c(OC)c1C. The van der Waals surface area contributed by atoms with Crippen molar-refractivity contribution >= 4 is 11.6 Å². The van der Waals surface area contributed by atoms with E-state index in [4.69, 9.17) is 15.2 Å². The predicted molar refractivity (Wildman–Crippen MR) is 75.7 cm³/mol. The van der Waals surface area contributed by atoms with Crippen LogP contribution < -0.4 is 20.5 Å². The number of hydrogen-bond donors (Lipinski definition) is 2. The Morgan fingerprint density at radius 2 is 2.05 bits per heavy atom. The Bertz CT molecular complexity index is 447. The monoisotopic (exact) mass is 266 g/mol. The minimum absolute atomic E-state index is 0.0687. The number of ether oxygens (including phenoxy) is 2. The van der Waals surface area contributed by atoms with Crippen LogP contribution in [0.3, 0.4) is 0 Å². The van der Waals surface area contributed by atoms with Gasteiger partial charge in [-0.1, -0.05) is 6.92 Å². The molecule has 1 aromatic carbocycles. The maximum atomic E-state index is 11.9. The minimum Gasteiger partial charge on any atom is -0.496 e. The topological polar surface area (TPSA) is 73.6 Å². The van der Waals surface area contributed by atoms with E-state index in [0.29, 0.717) is 24.4 Å².